The summed E-state index contributed by atoms with van der Waals surface area (Å²) in [6.07, 6.45) is 17.9. The molecule has 0 unspecified atom stereocenters. The molecular formula is C110H115Cl6F4N13O17. The predicted octanol–water partition coefficient (Wildman–Crippen LogP) is 16.6. The summed E-state index contributed by atoms with van der Waals surface area (Å²) in [5.41, 5.74) is 4.63. The summed E-state index contributed by atoms with van der Waals surface area (Å²) in [6.45, 7) is 11.3. The number of hydrogen-bond acceptors (Lipinski definition) is 20. The Morgan fingerprint density at radius 1 is 0.360 bits per heavy atom. The number of nitrogens with one attached hydrogen (secondary N) is 10. The molecule has 10 bridgehead atoms. The van der Waals surface area contributed by atoms with E-state index in [1.165, 1.54) is 54.1 Å². The number of ether oxygens (including phenoxy) is 6. The molecule has 40 heteroatoms. The molecule has 10 amide bonds. The molecule has 0 radical (unpaired) electrons. The topological polar surface area (TPSA) is 398 Å². The van der Waals surface area contributed by atoms with Crippen molar-refractivity contribution >= 4 is 129 Å². The van der Waals surface area contributed by atoms with Crippen molar-refractivity contribution in [3.05, 3.63) is 286 Å². The summed E-state index contributed by atoms with van der Waals surface area (Å²) >= 11 is 34.5. The average Bonchev–Trinajstić information content (AvgIpc) is 0.811. The molecular weight excluding hydrogens is 2060 g/mol. The quantitative estimate of drug-likeness (QED) is 0.0126. The van der Waals surface area contributed by atoms with Crippen molar-refractivity contribution in [2.45, 2.75) is 204 Å². The third-order valence-electron chi connectivity index (χ3n) is 29.5. The summed E-state index contributed by atoms with van der Waals surface area (Å²) in [6, 6.07) is 42.0. The Morgan fingerprint density at radius 3 is 1.07 bits per heavy atom. The lowest BCUT2D eigenvalue weighted by molar-refractivity contribution is -0.184. The van der Waals surface area contributed by atoms with Crippen LogP contribution in [0.1, 0.15) is 166 Å². The Labute approximate surface area is 894 Å². The molecule has 3 aromatic heterocycles. The molecule has 0 aliphatic heterocycles. The minimum atomic E-state index is -0.602. The van der Waals surface area contributed by atoms with Gasteiger partial charge in [-0.1, -0.05) is 107 Å². The molecule has 792 valence electrons. The molecule has 0 atom stereocenters. The zero-order valence-electron chi connectivity index (χ0n) is 83.3. The minimum Gasteiger partial charge on any atom is -0.497 e. The molecule has 15 saturated carbocycles. The number of amides is 10. The monoisotopic (exact) mass is 2180 g/mol. The maximum absolute atomic E-state index is 13.4. The highest BCUT2D eigenvalue weighted by Crippen LogP contribution is 2.71. The van der Waals surface area contributed by atoms with Crippen molar-refractivity contribution in [3.63, 3.8) is 0 Å². The Morgan fingerprint density at radius 2 is 0.720 bits per heavy atom. The molecule has 15 aliphatic carbocycles. The van der Waals surface area contributed by atoms with Crippen LogP contribution < -0.4 is 81.6 Å². The Balaban J connectivity index is 0.000000133. The van der Waals surface area contributed by atoms with Crippen LogP contribution in [-0.4, -0.2) is 155 Å². The van der Waals surface area contributed by atoms with Gasteiger partial charge in [-0.15, -0.1) is 0 Å². The number of hydrogen-bond donors (Lipinski definition) is 10. The molecule has 10 aromatic rings. The van der Waals surface area contributed by atoms with Gasteiger partial charge in [0.05, 0.1) is 72.8 Å². The van der Waals surface area contributed by atoms with Crippen LogP contribution in [0.25, 0.3) is 0 Å². The first-order valence-corrected chi connectivity index (χ1v) is 51.5. The van der Waals surface area contributed by atoms with Crippen molar-refractivity contribution in [1.29, 1.82) is 0 Å². The van der Waals surface area contributed by atoms with Gasteiger partial charge in [0.2, 0.25) is 29.5 Å². The lowest BCUT2D eigenvalue weighted by Gasteiger charge is -2.69. The number of carbonyl (C=O) groups is 10. The summed E-state index contributed by atoms with van der Waals surface area (Å²) in [7, 11) is 1.60. The van der Waals surface area contributed by atoms with Crippen LogP contribution in [0.2, 0.25) is 30.1 Å². The highest BCUT2D eigenvalue weighted by atomic mass is 35.5. The van der Waals surface area contributed by atoms with Gasteiger partial charge in [-0.2, -0.15) is 0 Å². The summed E-state index contributed by atoms with van der Waals surface area (Å²) in [5.74, 6) is 0.401. The highest BCUT2D eigenvalue weighted by Gasteiger charge is 2.76. The molecule has 15 fully saturated rings. The third kappa shape index (κ3) is 25.6. The third-order valence-corrected chi connectivity index (χ3v) is 31.4. The number of benzene rings is 7. The first kappa shape index (κ1) is 110. The number of aromatic nitrogens is 3. The van der Waals surface area contributed by atoms with E-state index in [9.17, 15) is 65.5 Å². The van der Waals surface area contributed by atoms with E-state index in [4.69, 9.17) is 102 Å². The normalized spacial score (nSPS) is 23.7. The van der Waals surface area contributed by atoms with E-state index in [-0.39, 0.29) is 179 Å². The van der Waals surface area contributed by atoms with Crippen molar-refractivity contribution in [1.82, 2.24) is 68.1 Å². The van der Waals surface area contributed by atoms with E-state index in [1.807, 2.05) is 89.2 Å². The second-order valence-electron chi connectivity index (χ2n) is 41.3. The van der Waals surface area contributed by atoms with E-state index >= 15 is 0 Å². The zero-order chi connectivity index (χ0) is 107. The first-order valence-electron chi connectivity index (χ1n) is 49.3. The van der Waals surface area contributed by atoms with E-state index in [0.717, 1.165) is 100 Å². The van der Waals surface area contributed by atoms with E-state index in [2.05, 4.69) is 68.1 Å². The van der Waals surface area contributed by atoms with Crippen molar-refractivity contribution < 1.29 is 98.3 Å². The van der Waals surface area contributed by atoms with Crippen LogP contribution in [0.5, 0.6) is 34.5 Å². The summed E-state index contributed by atoms with van der Waals surface area (Å²) in [4.78, 5) is 137. The lowest BCUT2D eigenvalue weighted by atomic mass is 9.39. The molecule has 150 heavy (non-hydrogen) atoms. The number of rotatable bonds is 40. The number of furan rings is 1. The standard InChI is InChI=1S/C23H26ClFN2O4.C22H22Cl2N2O3.C22H23ClFN3O3.C22H22ClFN2O4.C21H22ClFN4O3/c1-14-9-30-15(2)17(14)4-3-7-26-21(29)22-11-23(12-22,13-22)27-20(28)10-31-16-5-6-18(24)19(25)8-16;1-14-7-17(5-6-18(14)24)29-10-19(27)26-22-11-21(12-22,13-22)20(28)25-9-15-3-2-4-16(23)8-15;1-14-3-2-7-25-18(14)6-8-26-20(29)21-11-22(12-21,13-21)27-19(28)10-30-15-4-5-16(23)17(24)9-15;1-29-15-4-2-3-14(7-15)9-25-20(28)21-11-22(12-21,13-21)26-19(27)10-30-16-5-6-17(23)18(24)8-16;1-2-17-24-6-5-13(26-17)8-25-19(29)20-10-21(11-20,12-20)27-18(28)9-30-14-3-4-15(22)16(23)7-14/h5-6,8-9H,3-4,7,10-13H2,1-2H3,(H,26,29)(H,27,28);2-8H,9-13H2,1H3,(H,25,28)(H,26,27);2-5,7,9H,6,8,10-13H2,1H3,(H,26,29)(H,27,28);2-8H,9-13H2,1H3,(H,25,28)(H,26,27);3-7H,2,8-12H2,1H3,(H,25,29)(H,27,28). The van der Waals surface area contributed by atoms with Crippen LogP contribution >= 0.6 is 69.6 Å². The fourth-order valence-corrected chi connectivity index (χ4v) is 23.1. The van der Waals surface area contributed by atoms with Crippen LogP contribution in [-0.2, 0) is 86.8 Å². The molecule has 30 nitrogen and oxygen atoms in total. The molecule has 3 heterocycles. The largest absolute Gasteiger partial charge is 0.497 e. The average molecular weight is 2180 g/mol. The number of carbonyl (C=O) groups excluding carboxylic acids is 10. The lowest BCUT2D eigenvalue weighted by Crippen LogP contribution is -2.78. The van der Waals surface area contributed by atoms with Gasteiger partial charge in [0.1, 0.15) is 69.4 Å². The van der Waals surface area contributed by atoms with Gasteiger partial charge in [-0.05, 0) is 273 Å². The fraction of sp³-hybridized carbons (Fsp3) is 0.409. The smallest absolute Gasteiger partial charge is 0.258 e. The van der Waals surface area contributed by atoms with Crippen LogP contribution in [0.3, 0.4) is 0 Å². The number of aryl methyl sites for hydroxylation is 5. The van der Waals surface area contributed by atoms with E-state index < -0.39 is 34.1 Å². The zero-order valence-corrected chi connectivity index (χ0v) is 87.8. The first-order chi connectivity index (χ1) is 71.5. The van der Waals surface area contributed by atoms with Crippen LogP contribution in [0.4, 0.5) is 17.6 Å². The minimum absolute atomic E-state index is 0.000547. The Hall–Kier alpha value is -13.0. The summed E-state index contributed by atoms with van der Waals surface area (Å²) < 4.78 is 91.1. The van der Waals surface area contributed by atoms with Gasteiger partial charge in [0.15, 0.2) is 33.0 Å². The van der Waals surface area contributed by atoms with Gasteiger partial charge in [-0.25, -0.2) is 27.5 Å². The second kappa shape index (κ2) is 45.7. The Kier molecular flexibility index (Phi) is 33.4. The van der Waals surface area contributed by atoms with Crippen molar-refractivity contribution in [2.24, 2.45) is 27.1 Å². The molecule has 0 saturated heterocycles. The Bertz CT molecular complexity index is 6560. The predicted molar refractivity (Wildman–Crippen MR) is 552 cm³/mol. The molecule has 10 N–H and O–H groups in total. The van der Waals surface area contributed by atoms with Gasteiger partial charge in [0.25, 0.3) is 29.5 Å². The summed E-state index contributed by atoms with van der Waals surface area (Å²) in [5, 5.41) is 31.1. The molecule has 7 aromatic carbocycles. The van der Waals surface area contributed by atoms with Gasteiger partial charge >= 0.3 is 0 Å². The molecule has 25 rings (SSSR count). The van der Waals surface area contributed by atoms with Gasteiger partial charge in [-0.3, -0.25) is 52.9 Å². The highest BCUT2D eigenvalue weighted by molar-refractivity contribution is 6.32. The van der Waals surface area contributed by atoms with Crippen molar-refractivity contribution in [2.75, 3.05) is 53.2 Å². The number of methoxy groups -OCH3 is 1. The number of pyridine rings is 1. The maximum atomic E-state index is 13.4. The number of halogens is 10. The molecule has 0 spiro atoms. The van der Waals surface area contributed by atoms with Gasteiger partial charge in [0, 0.05) is 119 Å². The molecule has 15 aliphatic rings. The van der Waals surface area contributed by atoms with Crippen LogP contribution in [0.15, 0.2) is 181 Å². The van der Waals surface area contributed by atoms with E-state index in [0.29, 0.717) is 151 Å². The fourth-order valence-electron chi connectivity index (χ4n) is 22.3. The van der Waals surface area contributed by atoms with E-state index in [1.54, 1.807) is 56.1 Å². The SMILES string of the molecule is CCc1nccc(CNC(=O)C23CC(NC(=O)COc4ccc(Cl)c(F)c4)(C2)C3)n1.COc1cccc(CNC(=O)C23CC(NC(=O)COc4ccc(Cl)c(F)c4)(C2)C3)c1.Cc1cc(OCC(=O)NC23CC(C(=O)NCc4cccc(Cl)c4)(C2)C3)ccc1Cl.Cc1cccnc1CCNC(=O)C12CC(NC(=O)COc3ccc(Cl)c(F)c3)(C1)C2.Cc1coc(C)c1CCCNC(=O)C12CC(NC(=O)COc3ccc(Cl)c(F)c3)(C1)C2. The maximum Gasteiger partial charge on any atom is 0.258 e. The number of nitrogens with zero attached hydrogens (tertiary/aromatic N) is 3. The van der Waals surface area contributed by atoms with Gasteiger partial charge < -0.3 is 86.0 Å². The van der Waals surface area contributed by atoms with Crippen molar-refractivity contribution in [3.8, 4) is 34.5 Å². The second-order valence-corrected chi connectivity index (χ2v) is 43.8. The van der Waals surface area contributed by atoms with Crippen LogP contribution in [0, 0.1) is 78.0 Å².